The summed E-state index contributed by atoms with van der Waals surface area (Å²) in [6, 6.07) is 0. The zero-order chi connectivity index (χ0) is 22.2. The quantitative estimate of drug-likeness (QED) is 0.643. The molecule has 0 spiro atoms. The van der Waals surface area contributed by atoms with Crippen molar-refractivity contribution in [2.75, 3.05) is 19.6 Å². The molecule has 0 unspecified atom stereocenters. The Morgan fingerprint density at radius 2 is 1.94 bits per heavy atom. The molecule has 3 aliphatic carbocycles. The number of alkyl halides is 1. The number of likely N-dealkylation sites (tertiary alicyclic amines) is 1. The van der Waals surface area contributed by atoms with Crippen LogP contribution in [-0.4, -0.2) is 53.1 Å². The Balaban J connectivity index is 1.45. The van der Waals surface area contributed by atoms with Crippen LogP contribution in [0.1, 0.15) is 71.6 Å². The minimum Gasteiger partial charge on any atom is -0.393 e. The highest BCUT2D eigenvalue weighted by Crippen LogP contribution is 2.59. The van der Waals surface area contributed by atoms with E-state index in [0.29, 0.717) is 42.9 Å². The summed E-state index contributed by atoms with van der Waals surface area (Å²) in [7, 11) is 0. The molecule has 1 saturated heterocycles. The Labute approximate surface area is 188 Å². The van der Waals surface area contributed by atoms with E-state index in [1.54, 1.807) is 5.57 Å². The van der Waals surface area contributed by atoms with E-state index < -0.39 is 18.4 Å². The Morgan fingerprint density at radius 3 is 2.68 bits per heavy atom. The molecule has 0 radical (unpaired) electrons. The number of aliphatic hydroxyl groups excluding tert-OH is 2. The van der Waals surface area contributed by atoms with Gasteiger partial charge in [-0.2, -0.15) is 0 Å². The van der Waals surface area contributed by atoms with E-state index in [9.17, 15) is 14.6 Å². The Kier molecular flexibility index (Phi) is 7.10. The van der Waals surface area contributed by atoms with Crippen molar-refractivity contribution in [2.45, 2.75) is 90.0 Å². The Bertz CT molecular complexity index is 723. The number of piperidine rings is 1. The highest BCUT2D eigenvalue weighted by Gasteiger charge is 2.50. The zero-order valence-electron chi connectivity index (χ0n) is 19.5. The van der Waals surface area contributed by atoms with Crippen LogP contribution >= 0.6 is 0 Å². The van der Waals surface area contributed by atoms with Gasteiger partial charge in [0, 0.05) is 26.1 Å². The molecule has 0 aromatic carbocycles. The van der Waals surface area contributed by atoms with E-state index in [1.807, 2.05) is 0 Å². The van der Waals surface area contributed by atoms with Gasteiger partial charge < -0.3 is 15.1 Å². The molecule has 4 fully saturated rings. The molecular formula is C27H42FNO2. The van der Waals surface area contributed by atoms with Gasteiger partial charge in [0.25, 0.3) is 0 Å². The number of hydrogen-bond donors (Lipinski definition) is 2. The lowest BCUT2D eigenvalue weighted by molar-refractivity contribution is 0.0647. The monoisotopic (exact) mass is 431 g/mol. The van der Waals surface area contributed by atoms with Gasteiger partial charge in [0.2, 0.25) is 0 Å². The lowest BCUT2D eigenvalue weighted by atomic mass is 9.61. The van der Waals surface area contributed by atoms with Crippen LogP contribution in [0.3, 0.4) is 0 Å². The van der Waals surface area contributed by atoms with Crippen LogP contribution in [0.25, 0.3) is 0 Å². The third kappa shape index (κ3) is 4.86. The molecule has 0 aromatic rings. The zero-order valence-corrected chi connectivity index (χ0v) is 19.5. The van der Waals surface area contributed by atoms with Gasteiger partial charge in [-0.25, -0.2) is 4.39 Å². The summed E-state index contributed by atoms with van der Waals surface area (Å²) in [4.78, 5) is 2.49. The average Bonchev–Trinajstić information content (AvgIpc) is 3.09. The van der Waals surface area contributed by atoms with E-state index in [-0.39, 0.29) is 0 Å². The fraction of sp³-hybridized carbons (Fsp3) is 0.778. The molecule has 2 N–H and O–H groups in total. The molecule has 174 valence electrons. The van der Waals surface area contributed by atoms with E-state index in [4.69, 9.17) is 0 Å². The van der Waals surface area contributed by atoms with E-state index in [0.717, 1.165) is 43.1 Å². The van der Waals surface area contributed by atoms with Crippen molar-refractivity contribution in [2.24, 2.45) is 23.2 Å². The second-order valence-corrected chi connectivity index (χ2v) is 11.1. The normalized spacial score (nSPS) is 41.6. The van der Waals surface area contributed by atoms with Crippen molar-refractivity contribution < 1.29 is 14.6 Å². The molecule has 4 rings (SSSR count). The average molecular weight is 432 g/mol. The summed E-state index contributed by atoms with van der Waals surface area (Å²) in [6.07, 6.45) is 11.4. The maximum Gasteiger partial charge on any atom is 0.103 e. The van der Waals surface area contributed by atoms with Gasteiger partial charge in [-0.3, -0.25) is 0 Å². The van der Waals surface area contributed by atoms with Gasteiger partial charge in [-0.05, 0) is 85.7 Å². The van der Waals surface area contributed by atoms with Crippen molar-refractivity contribution in [1.82, 2.24) is 4.90 Å². The van der Waals surface area contributed by atoms with Crippen LogP contribution in [-0.2, 0) is 0 Å². The van der Waals surface area contributed by atoms with Crippen LogP contribution in [0.2, 0.25) is 0 Å². The summed E-state index contributed by atoms with van der Waals surface area (Å²) in [5.41, 5.74) is 3.68. The first-order valence-electron chi connectivity index (χ1n) is 12.6. The van der Waals surface area contributed by atoms with Gasteiger partial charge >= 0.3 is 0 Å². The van der Waals surface area contributed by atoms with Gasteiger partial charge in [0.15, 0.2) is 0 Å². The van der Waals surface area contributed by atoms with Crippen molar-refractivity contribution in [1.29, 1.82) is 0 Å². The number of allylic oxidation sites excluding steroid dienone is 3. The van der Waals surface area contributed by atoms with Crippen LogP contribution in [0.15, 0.2) is 35.5 Å². The van der Waals surface area contributed by atoms with Crippen molar-refractivity contribution in [3.05, 3.63) is 35.5 Å². The summed E-state index contributed by atoms with van der Waals surface area (Å²) in [5, 5.41) is 20.2. The molecule has 0 aromatic heterocycles. The van der Waals surface area contributed by atoms with E-state index in [2.05, 4.69) is 37.5 Å². The first-order valence-corrected chi connectivity index (χ1v) is 12.6. The highest BCUT2D eigenvalue weighted by molar-refractivity contribution is 5.38. The maximum absolute atomic E-state index is 13.5. The van der Waals surface area contributed by atoms with Crippen molar-refractivity contribution >= 4 is 0 Å². The summed E-state index contributed by atoms with van der Waals surface area (Å²) >= 11 is 0. The third-order valence-corrected chi connectivity index (χ3v) is 9.05. The predicted octanol–water partition coefficient (Wildman–Crippen LogP) is 5.20. The van der Waals surface area contributed by atoms with Gasteiger partial charge in [0.1, 0.15) is 6.17 Å². The standard InChI is InChI=1S/C27H42FNO2/c1-18(17-29-13-10-22(28)11-14-29)24-8-9-25-20(5-4-12-27(24,25)3)6-7-21-15-23(30)16-26(31)19(21)2/h6-7,18,22-26,30-31H,2,4-5,8-17H2,1,3H3/b20-6+,21-7-/t18-,23+,24+,25-,26-,27+/m0/s1. The predicted molar refractivity (Wildman–Crippen MR) is 124 cm³/mol. The minimum absolute atomic E-state index is 0.350. The number of aliphatic hydroxyl groups is 2. The first-order chi connectivity index (χ1) is 14.8. The first kappa shape index (κ1) is 23.2. The SMILES string of the molecule is C=C1/C(=C\C=C2/CCC[C@]3(C)[C@@H]([C@@H](C)CN4CCC(F)CC4)CC[C@@H]23)C[C@@H](O)C[C@@H]1O. The molecule has 1 aliphatic heterocycles. The highest BCUT2D eigenvalue weighted by atomic mass is 19.1. The molecule has 3 nitrogen and oxygen atoms in total. The van der Waals surface area contributed by atoms with E-state index in [1.165, 1.54) is 25.7 Å². The molecule has 3 saturated carbocycles. The Morgan fingerprint density at radius 1 is 1.19 bits per heavy atom. The Hall–Kier alpha value is -0.970. The number of nitrogens with zero attached hydrogens (tertiary/aromatic N) is 1. The van der Waals surface area contributed by atoms with E-state index >= 15 is 0 Å². The van der Waals surface area contributed by atoms with Crippen molar-refractivity contribution in [3.63, 3.8) is 0 Å². The lowest BCUT2D eigenvalue weighted by Gasteiger charge is -2.45. The van der Waals surface area contributed by atoms with Gasteiger partial charge in [0.05, 0.1) is 12.2 Å². The van der Waals surface area contributed by atoms with Crippen LogP contribution < -0.4 is 0 Å². The lowest BCUT2D eigenvalue weighted by Crippen LogP contribution is -2.42. The molecule has 4 aliphatic rings. The largest absolute Gasteiger partial charge is 0.393 e. The molecule has 1 heterocycles. The maximum atomic E-state index is 13.5. The fourth-order valence-corrected chi connectivity index (χ4v) is 7.30. The molecule has 6 atom stereocenters. The molecule has 4 heteroatoms. The van der Waals surface area contributed by atoms with Gasteiger partial charge in [-0.1, -0.05) is 38.2 Å². The van der Waals surface area contributed by atoms with Crippen LogP contribution in [0.4, 0.5) is 4.39 Å². The molecule has 0 bridgehead atoms. The number of fused-ring (bicyclic) bond motifs is 1. The topological polar surface area (TPSA) is 43.7 Å². The number of halogens is 1. The van der Waals surface area contributed by atoms with Crippen LogP contribution in [0.5, 0.6) is 0 Å². The third-order valence-electron chi connectivity index (χ3n) is 9.05. The summed E-state index contributed by atoms with van der Waals surface area (Å²) in [6.45, 7) is 11.9. The molecule has 0 amide bonds. The summed E-state index contributed by atoms with van der Waals surface area (Å²) in [5.74, 6) is 2.01. The fourth-order valence-electron chi connectivity index (χ4n) is 7.30. The number of hydrogen-bond acceptors (Lipinski definition) is 3. The smallest absolute Gasteiger partial charge is 0.103 e. The van der Waals surface area contributed by atoms with Crippen LogP contribution in [0, 0.1) is 23.2 Å². The minimum atomic E-state index is -0.621. The molecular weight excluding hydrogens is 389 g/mol. The molecule has 31 heavy (non-hydrogen) atoms. The van der Waals surface area contributed by atoms with Crippen molar-refractivity contribution in [3.8, 4) is 0 Å². The van der Waals surface area contributed by atoms with Gasteiger partial charge in [-0.15, -0.1) is 0 Å². The second-order valence-electron chi connectivity index (χ2n) is 11.1. The second kappa shape index (κ2) is 9.49. The number of rotatable bonds is 4. The summed E-state index contributed by atoms with van der Waals surface area (Å²) < 4.78 is 13.5.